The Bertz CT molecular complexity index is 1070. The lowest BCUT2D eigenvalue weighted by molar-refractivity contribution is 0.0994. The van der Waals surface area contributed by atoms with Gasteiger partial charge < -0.3 is 4.74 Å². The van der Waals surface area contributed by atoms with Gasteiger partial charge in [0, 0.05) is 5.56 Å². The van der Waals surface area contributed by atoms with Crippen LogP contribution < -0.4 is 4.74 Å². The number of ketones is 1. The number of ether oxygens (including phenoxy) is 1. The van der Waals surface area contributed by atoms with E-state index in [0.29, 0.717) is 17.9 Å². The summed E-state index contributed by atoms with van der Waals surface area (Å²) in [5.74, 6) is 1.50. The Morgan fingerprint density at radius 2 is 2.00 bits per heavy atom. The molecule has 1 atom stereocenters. The van der Waals surface area contributed by atoms with Gasteiger partial charge in [-0.05, 0) is 50.2 Å². The van der Waals surface area contributed by atoms with Gasteiger partial charge in [-0.15, -0.1) is 5.10 Å². The lowest BCUT2D eigenvalue weighted by atomic mass is 10.1. The molecular formula is C19H18N4O2S. The van der Waals surface area contributed by atoms with Crippen molar-refractivity contribution in [1.29, 1.82) is 0 Å². The number of para-hydroxylation sites is 2. The van der Waals surface area contributed by atoms with Crippen molar-refractivity contribution < 1.29 is 9.53 Å². The third-order valence-electron chi connectivity index (χ3n) is 4.10. The number of aromatic nitrogens is 4. The Hall–Kier alpha value is -2.80. The summed E-state index contributed by atoms with van der Waals surface area (Å²) in [5.41, 5.74) is 2.53. The molecule has 26 heavy (non-hydrogen) atoms. The average Bonchev–Trinajstić information content (AvgIpc) is 3.22. The molecule has 0 aliphatic carbocycles. The summed E-state index contributed by atoms with van der Waals surface area (Å²) in [6.07, 6.45) is 0. The number of carbonyl (C=O) groups excluding carboxylic acids is 1. The monoisotopic (exact) mass is 366 g/mol. The van der Waals surface area contributed by atoms with Crippen molar-refractivity contribution in [2.45, 2.75) is 24.3 Å². The fourth-order valence-electron chi connectivity index (χ4n) is 2.85. The smallest absolute Gasteiger partial charge is 0.231 e. The van der Waals surface area contributed by atoms with E-state index in [9.17, 15) is 4.79 Å². The number of nitrogens with one attached hydrogen (secondary N) is 1. The van der Waals surface area contributed by atoms with Gasteiger partial charge in [-0.3, -0.25) is 9.20 Å². The van der Waals surface area contributed by atoms with E-state index in [2.05, 4.69) is 15.2 Å². The largest absolute Gasteiger partial charge is 0.494 e. The highest BCUT2D eigenvalue weighted by Gasteiger charge is 2.20. The first-order chi connectivity index (χ1) is 12.7. The molecule has 2 aromatic carbocycles. The van der Waals surface area contributed by atoms with Crippen LogP contribution in [0.4, 0.5) is 0 Å². The van der Waals surface area contributed by atoms with Crippen LogP contribution >= 0.6 is 11.8 Å². The van der Waals surface area contributed by atoms with Crippen LogP contribution in [0.15, 0.2) is 53.7 Å². The van der Waals surface area contributed by atoms with Crippen molar-refractivity contribution >= 4 is 34.4 Å². The van der Waals surface area contributed by atoms with Gasteiger partial charge in [0.2, 0.25) is 5.78 Å². The number of H-pyrrole nitrogens is 1. The minimum Gasteiger partial charge on any atom is -0.494 e. The molecule has 0 saturated heterocycles. The van der Waals surface area contributed by atoms with Crippen LogP contribution in [0.3, 0.4) is 0 Å². The summed E-state index contributed by atoms with van der Waals surface area (Å²) in [4.78, 5) is 17.3. The standard InChI is InChI=1S/C19H18N4O2S/c1-3-25-14-10-8-13(9-11-14)17(24)12(2)26-19-22-21-18-20-15-6-4-5-7-16(15)23(18)19/h4-12H,3H2,1-2H3,(H,20,21)/t12-/m0/s1. The number of carbonyl (C=O) groups is 1. The van der Waals surface area contributed by atoms with E-state index in [1.165, 1.54) is 11.8 Å². The Kier molecular flexibility index (Phi) is 4.38. The molecule has 6 nitrogen and oxygen atoms in total. The lowest BCUT2D eigenvalue weighted by Crippen LogP contribution is -2.14. The van der Waals surface area contributed by atoms with Gasteiger partial charge in [-0.1, -0.05) is 23.9 Å². The zero-order chi connectivity index (χ0) is 18.1. The second-order valence-electron chi connectivity index (χ2n) is 5.85. The molecule has 132 valence electrons. The van der Waals surface area contributed by atoms with Gasteiger partial charge in [0.25, 0.3) is 0 Å². The zero-order valence-corrected chi connectivity index (χ0v) is 15.3. The number of hydrogen-bond donors (Lipinski definition) is 1. The Balaban J connectivity index is 1.58. The number of hydrogen-bond acceptors (Lipinski definition) is 5. The molecule has 0 amide bonds. The molecule has 2 heterocycles. The molecule has 1 N–H and O–H groups in total. The van der Waals surface area contributed by atoms with E-state index < -0.39 is 0 Å². The summed E-state index contributed by atoms with van der Waals surface area (Å²) >= 11 is 1.42. The Labute approximate surface area is 154 Å². The molecule has 0 aliphatic heterocycles. The molecule has 2 aromatic heterocycles. The van der Waals surface area contributed by atoms with Crippen molar-refractivity contribution in [3.63, 3.8) is 0 Å². The molecule has 0 unspecified atom stereocenters. The maximum Gasteiger partial charge on any atom is 0.231 e. The molecule has 0 aliphatic rings. The van der Waals surface area contributed by atoms with Crippen LogP contribution in [0.1, 0.15) is 24.2 Å². The predicted octanol–water partition coefficient (Wildman–Crippen LogP) is 3.97. The van der Waals surface area contributed by atoms with Gasteiger partial charge in [0.1, 0.15) is 5.75 Å². The maximum absolute atomic E-state index is 12.8. The Morgan fingerprint density at radius 1 is 1.23 bits per heavy atom. The topological polar surface area (TPSA) is 72.3 Å². The molecule has 4 rings (SSSR count). The fraction of sp³-hybridized carbons (Fsp3) is 0.211. The number of Topliss-reactive ketones (excluding diaryl/α,β-unsaturated/α-hetero) is 1. The van der Waals surface area contributed by atoms with Crippen molar-refractivity contribution in [2.75, 3.05) is 6.61 Å². The van der Waals surface area contributed by atoms with Crippen LogP contribution in [0.2, 0.25) is 0 Å². The zero-order valence-electron chi connectivity index (χ0n) is 14.5. The highest BCUT2D eigenvalue weighted by Crippen LogP contribution is 2.28. The van der Waals surface area contributed by atoms with Crippen molar-refractivity contribution in [3.05, 3.63) is 54.1 Å². The van der Waals surface area contributed by atoms with Gasteiger partial charge in [0.15, 0.2) is 10.9 Å². The summed E-state index contributed by atoms with van der Waals surface area (Å²) in [7, 11) is 0. The van der Waals surface area contributed by atoms with E-state index >= 15 is 0 Å². The number of thioether (sulfide) groups is 1. The molecule has 4 aromatic rings. The quantitative estimate of drug-likeness (QED) is 0.413. The summed E-state index contributed by atoms with van der Waals surface area (Å²) < 4.78 is 7.37. The van der Waals surface area contributed by atoms with Crippen molar-refractivity contribution in [2.24, 2.45) is 0 Å². The molecular weight excluding hydrogens is 348 g/mol. The summed E-state index contributed by atoms with van der Waals surface area (Å²) in [6.45, 7) is 4.43. The third kappa shape index (κ3) is 2.94. The van der Waals surface area contributed by atoms with Gasteiger partial charge in [0.05, 0.1) is 22.9 Å². The minimum absolute atomic E-state index is 0.0543. The lowest BCUT2D eigenvalue weighted by Gasteiger charge is -2.10. The fourth-order valence-corrected chi connectivity index (χ4v) is 3.80. The van der Waals surface area contributed by atoms with E-state index in [4.69, 9.17) is 4.74 Å². The van der Waals surface area contributed by atoms with Crippen LogP contribution in [0, 0.1) is 0 Å². The number of fused-ring (bicyclic) bond motifs is 3. The predicted molar refractivity (Wildman–Crippen MR) is 102 cm³/mol. The molecule has 0 fully saturated rings. The van der Waals surface area contributed by atoms with E-state index in [1.807, 2.05) is 54.6 Å². The van der Waals surface area contributed by atoms with Gasteiger partial charge >= 0.3 is 0 Å². The first kappa shape index (κ1) is 16.7. The number of imidazole rings is 1. The van der Waals surface area contributed by atoms with E-state index in [0.717, 1.165) is 21.9 Å². The second kappa shape index (κ2) is 6.84. The molecule has 0 radical (unpaired) electrons. The Morgan fingerprint density at radius 3 is 2.77 bits per heavy atom. The van der Waals surface area contributed by atoms with Gasteiger partial charge in [-0.2, -0.15) is 0 Å². The van der Waals surface area contributed by atoms with Crippen LogP contribution in [-0.2, 0) is 0 Å². The van der Waals surface area contributed by atoms with Gasteiger partial charge in [-0.25, -0.2) is 10.1 Å². The first-order valence-electron chi connectivity index (χ1n) is 8.42. The third-order valence-corrected chi connectivity index (χ3v) is 5.16. The first-order valence-corrected chi connectivity index (χ1v) is 9.30. The van der Waals surface area contributed by atoms with Crippen LogP contribution in [0.5, 0.6) is 5.75 Å². The average molecular weight is 366 g/mol. The van der Waals surface area contributed by atoms with E-state index in [-0.39, 0.29) is 11.0 Å². The number of nitrogens with zero attached hydrogens (tertiary/aromatic N) is 3. The minimum atomic E-state index is -0.277. The molecule has 7 heteroatoms. The van der Waals surface area contributed by atoms with E-state index in [1.54, 1.807) is 12.1 Å². The van der Waals surface area contributed by atoms with Crippen molar-refractivity contribution in [1.82, 2.24) is 19.6 Å². The normalized spacial score (nSPS) is 12.5. The highest BCUT2D eigenvalue weighted by atomic mass is 32.2. The summed E-state index contributed by atoms with van der Waals surface area (Å²) in [6, 6.07) is 15.1. The number of benzene rings is 2. The molecule has 0 bridgehead atoms. The molecule has 0 spiro atoms. The highest BCUT2D eigenvalue weighted by molar-refractivity contribution is 8.00. The molecule has 0 saturated carbocycles. The van der Waals surface area contributed by atoms with Crippen molar-refractivity contribution in [3.8, 4) is 5.75 Å². The maximum atomic E-state index is 12.8. The second-order valence-corrected chi connectivity index (χ2v) is 7.16. The van der Waals surface area contributed by atoms with Crippen LogP contribution in [0.25, 0.3) is 16.8 Å². The van der Waals surface area contributed by atoms with Crippen LogP contribution in [-0.4, -0.2) is 37.2 Å². The number of rotatable bonds is 6. The SMILES string of the molecule is CCOc1ccc(C(=O)[C@H](C)Sc2n[nH]c3nc4ccccc4n23)cc1. The number of aromatic amines is 1. The summed E-state index contributed by atoms with van der Waals surface area (Å²) in [5, 5.41) is 7.71.